The van der Waals surface area contributed by atoms with E-state index in [1.807, 2.05) is 0 Å². The molecule has 1 N–H and O–H groups in total. The molecule has 5 nitrogen and oxygen atoms in total. The number of alkyl halides is 3. The van der Waals surface area contributed by atoms with Gasteiger partial charge in [-0.15, -0.1) is 0 Å². The number of esters is 1. The third-order valence-electron chi connectivity index (χ3n) is 2.84. The second-order valence-electron chi connectivity index (χ2n) is 4.22. The highest BCUT2D eigenvalue weighted by atomic mass is 19.4. The lowest BCUT2D eigenvalue weighted by molar-refractivity contribution is -0.267. The maximum absolute atomic E-state index is 13.3. The smallest absolute Gasteiger partial charge is 0.432 e. The SMILES string of the molecule is CCOc1ccc(C(O)(C(=O)OC)C(F)(F)F)c(OCC)c1. The van der Waals surface area contributed by atoms with Crippen LogP contribution in [0.1, 0.15) is 19.4 Å². The zero-order valence-corrected chi connectivity index (χ0v) is 12.4. The second-order valence-corrected chi connectivity index (χ2v) is 4.22. The number of hydrogen-bond acceptors (Lipinski definition) is 5. The Bertz CT molecular complexity index is 530. The van der Waals surface area contributed by atoms with Crippen LogP contribution in [0.25, 0.3) is 0 Å². The summed E-state index contributed by atoms with van der Waals surface area (Å²) < 4.78 is 54.2. The van der Waals surface area contributed by atoms with Gasteiger partial charge in [0.25, 0.3) is 5.60 Å². The van der Waals surface area contributed by atoms with Crippen LogP contribution in [0.3, 0.4) is 0 Å². The van der Waals surface area contributed by atoms with E-state index < -0.39 is 23.3 Å². The van der Waals surface area contributed by atoms with Gasteiger partial charge in [-0.3, -0.25) is 0 Å². The van der Waals surface area contributed by atoms with E-state index in [1.165, 1.54) is 12.1 Å². The van der Waals surface area contributed by atoms with Crippen LogP contribution < -0.4 is 9.47 Å². The van der Waals surface area contributed by atoms with Crippen molar-refractivity contribution in [1.29, 1.82) is 0 Å². The number of methoxy groups -OCH3 is 1. The van der Waals surface area contributed by atoms with Crippen LogP contribution in [0.5, 0.6) is 11.5 Å². The standard InChI is InChI=1S/C14H17F3O5/c1-4-21-9-6-7-10(11(8-9)22-5-2)13(19,12(18)20-3)14(15,16)17/h6-8,19H,4-5H2,1-3H3. The number of carbonyl (C=O) groups excluding carboxylic acids is 1. The lowest BCUT2D eigenvalue weighted by Gasteiger charge is -2.29. The van der Waals surface area contributed by atoms with Crippen molar-refractivity contribution in [2.75, 3.05) is 20.3 Å². The molecule has 0 saturated carbocycles. The molecule has 0 radical (unpaired) electrons. The molecular formula is C14H17F3O5. The van der Waals surface area contributed by atoms with Crippen molar-refractivity contribution < 1.29 is 37.3 Å². The van der Waals surface area contributed by atoms with E-state index in [-0.39, 0.29) is 18.1 Å². The molecule has 0 heterocycles. The average Bonchev–Trinajstić information content (AvgIpc) is 2.45. The van der Waals surface area contributed by atoms with Gasteiger partial charge in [-0.1, -0.05) is 0 Å². The van der Waals surface area contributed by atoms with Gasteiger partial charge in [0.05, 0.1) is 20.3 Å². The van der Waals surface area contributed by atoms with Crippen LogP contribution in [0, 0.1) is 0 Å². The monoisotopic (exact) mass is 322 g/mol. The predicted molar refractivity (Wildman–Crippen MR) is 70.7 cm³/mol. The topological polar surface area (TPSA) is 65.0 Å². The molecule has 124 valence electrons. The van der Waals surface area contributed by atoms with Gasteiger partial charge in [-0.2, -0.15) is 13.2 Å². The van der Waals surface area contributed by atoms with Crippen LogP contribution in [-0.2, 0) is 15.1 Å². The fourth-order valence-corrected chi connectivity index (χ4v) is 1.86. The Kier molecular flexibility index (Phi) is 5.65. The van der Waals surface area contributed by atoms with Gasteiger partial charge >= 0.3 is 12.1 Å². The molecule has 0 fully saturated rings. The van der Waals surface area contributed by atoms with E-state index >= 15 is 0 Å². The van der Waals surface area contributed by atoms with Crippen LogP contribution in [0.2, 0.25) is 0 Å². The summed E-state index contributed by atoms with van der Waals surface area (Å²) >= 11 is 0. The number of aliphatic hydroxyl groups is 1. The number of hydrogen-bond donors (Lipinski definition) is 1. The molecule has 0 aliphatic rings. The third-order valence-corrected chi connectivity index (χ3v) is 2.84. The Hall–Kier alpha value is -1.96. The number of halogens is 3. The van der Waals surface area contributed by atoms with E-state index in [4.69, 9.17) is 9.47 Å². The third kappa shape index (κ3) is 3.27. The largest absolute Gasteiger partial charge is 0.494 e. The lowest BCUT2D eigenvalue weighted by atomic mass is 9.92. The van der Waals surface area contributed by atoms with Crippen molar-refractivity contribution in [3.63, 3.8) is 0 Å². The van der Waals surface area contributed by atoms with E-state index in [0.29, 0.717) is 6.61 Å². The van der Waals surface area contributed by atoms with E-state index in [0.717, 1.165) is 13.2 Å². The lowest BCUT2D eigenvalue weighted by Crippen LogP contribution is -2.50. The quantitative estimate of drug-likeness (QED) is 0.815. The molecule has 0 saturated heterocycles. The zero-order chi connectivity index (χ0) is 17.0. The molecule has 1 unspecified atom stereocenters. The van der Waals surface area contributed by atoms with E-state index in [1.54, 1.807) is 13.8 Å². The molecule has 0 amide bonds. The van der Waals surface area contributed by atoms with Crippen molar-refractivity contribution >= 4 is 5.97 Å². The first-order valence-electron chi connectivity index (χ1n) is 6.49. The van der Waals surface area contributed by atoms with Gasteiger partial charge in [0, 0.05) is 11.6 Å². The number of ether oxygens (including phenoxy) is 3. The van der Waals surface area contributed by atoms with Crippen molar-refractivity contribution in [2.45, 2.75) is 25.6 Å². The summed E-state index contributed by atoms with van der Waals surface area (Å²) in [5.41, 5.74) is -4.58. The number of rotatable bonds is 6. The van der Waals surface area contributed by atoms with Crippen molar-refractivity contribution in [2.24, 2.45) is 0 Å². The molecule has 1 atom stereocenters. The fourth-order valence-electron chi connectivity index (χ4n) is 1.86. The molecule has 0 aliphatic heterocycles. The van der Waals surface area contributed by atoms with Crippen molar-refractivity contribution in [3.8, 4) is 11.5 Å². The summed E-state index contributed by atoms with van der Waals surface area (Å²) in [5.74, 6) is -1.90. The average molecular weight is 322 g/mol. The van der Waals surface area contributed by atoms with Crippen LogP contribution in [0.15, 0.2) is 18.2 Å². The minimum Gasteiger partial charge on any atom is -0.494 e. The molecule has 1 aromatic carbocycles. The summed E-state index contributed by atoms with van der Waals surface area (Å²) in [6.45, 7) is 3.60. The summed E-state index contributed by atoms with van der Waals surface area (Å²) in [6.07, 6.45) is -5.28. The van der Waals surface area contributed by atoms with Crippen LogP contribution in [-0.4, -0.2) is 37.6 Å². The number of benzene rings is 1. The first kappa shape index (κ1) is 18.1. The number of carbonyl (C=O) groups is 1. The van der Waals surface area contributed by atoms with Crippen molar-refractivity contribution in [1.82, 2.24) is 0 Å². The molecule has 0 bridgehead atoms. The van der Waals surface area contributed by atoms with Crippen LogP contribution in [0.4, 0.5) is 13.2 Å². The second kappa shape index (κ2) is 6.87. The van der Waals surface area contributed by atoms with Gasteiger partial charge in [-0.25, -0.2) is 4.79 Å². The van der Waals surface area contributed by atoms with Gasteiger partial charge in [0.2, 0.25) is 0 Å². The zero-order valence-electron chi connectivity index (χ0n) is 12.4. The molecule has 8 heteroatoms. The first-order valence-corrected chi connectivity index (χ1v) is 6.49. The first-order chi connectivity index (χ1) is 10.2. The van der Waals surface area contributed by atoms with Gasteiger partial charge in [0.1, 0.15) is 11.5 Å². The highest BCUT2D eigenvalue weighted by molar-refractivity contribution is 5.83. The van der Waals surface area contributed by atoms with E-state index in [9.17, 15) is 23.1 Å². The Labute approximate surface area is 125 Å². The highest BCUT2D eigenvalue weighted by Crippen LogP contribution is 2.44. The molecule has 1 aromatic rings. The Morgan fingerprint density at radius 2 is 1.77 bits per heavy atom. The predicted octanol–water partition coefficient (Wildman–Crippen LogP) is 2.41. The molecule has 0 spiro atoms. The molecule has 0 aromatic heterocycles. The Morgan fingerprint density at radius 3 is 2.23 bits per heavy atom. The maximum atomic E-state index is 13.3. The minimum atomic E-state index is -5.28. The maximum Gasteiger partial charge on any atom is 0.432 e. The minimum absolute atomic E-state index is 0.0394. The Morgan fingerprint density at radius 1 is 1.18 bits per heavy atom. The van der Waals surface area contributed by atoms with Gasteiger partial charge in [-0.05, 0) is 26.0 Å². The Balaban J connectivity index is 3.51. The van der Waals surface area contributed by atoms with Gasteiger partial charge < -0.3 is 19.3 Å². The van der Waals surface area contributed by atoms with Crippen LogP contribution >= 0.6 is 0 Å². The normalized spacial score (nSPS) is 14.1. The summed E-state index contributed by atoms with van der Waals surface area (Å²) in [5, 5.41) is 10.00. The van der Waals surface area contributed by atoms with E-state index in [2.05, 4.69) is 4.74 Å². The highest BCUT2D eigenvalue weighted by Gasteiger charge is 2.63. The molecule has 0 aliphatic carbocycles. The van der Waals surface area contributed by atoms with Crippen molar-refractivity contribution in [3.05, 3.63) is 23.8 Å². The van der Waals surface area contributed by atoms with Gasteiger partial charge in [0.15, 0.2) is 0 Å². The fraction of sp³-hybridized carbons (Fsp3) is 0.500. The summed E-state index contributed by atoms with van der Waals surface area (Å²) in [4.78, 5) is 11.6. The molecule has 1 rings (SSSR count). The summed E-state index contributed by atoms with van der Waals surface area (Å²) in [7, 11) is 0.758. The molecule has 22 heavy (non-hydrogen) atoms. The summed E-state index contributed by atoms with van der Waals surface area (Å²) in [6, 6.07) is 3.32. The molecular weight excluding hydrogens is 305 g/mol.